The van der Waals surface area contributed by atoms with E-state index >= 15 is 0 Å². The lowest BCUT2D eigenvalue weighted by molar-refractivity contribution is -0.133. The van der Waals surface area contributed by atoms with Crippen LogP contribution in [-0.2, 0) is 9.59 Å². The Balaban J connectivity index is 2.95. The highest BCUT2D eigenvalue weighted by atomic mass is 79.9. The molecule has 1 rings (SSSR count). The van der Waals surface area contributed by atoms with Gasteiger partial charge in [-0.2, -0.15) is 0 Å². The molecule has 1 aromatic rings. The van der Waals surface area contributed by atoms with Gasteiger partial charge in [0.05, 0.1) is 0 Å². The van der Waals surface area contributed by atoms with Gasteiger partial charge in [0.1, 0.15) is 0 Å². The van der Waals surface area contributed by atoms with E-state index in [1.165, 1.54) is 13.8 Å². The van der Waals surface area contributed by atoms with Crippen molar-refractivity contribution in [1.82, 2.24) is 0 Å². The van der Waals surface area contributed by atoms with Gasteiger partial charge in [0.25, 0.3) is 5.91 Å². The van der Waals surface area contributed by atoms with Crippen LogP contribution in [0, 0.1) is 6.92 Å². The van der Waals surface area contributed by atoms with E-state index in [2.05, 4.69) is 21.2 Å². The van der Waals surface area contributed by atoms with Crippen molar-refractivity contribution in [3.63, 3.8) is 0 Å². The summed E-state index contributed by atoms with van der Waals surface area (Å²) < 4.78 is 0.856. The largest absolute Gasteiger partial charge is 0.478 e. The zero-order valence-electron chi connectivity index (χ0n) is 10.4. The van der Waals surface area contributed by atoms with Crippen molar-refractivity contribution in [2.45, 2.75) is 20.8 Å². The Labute approximate surface area is 114 Å². The summed E-state index contributed by atoms with van der Waals surface area (Å²) in [5, 5.41) is 11.5. The molecule has 96 valence electrons. The standard InChI is InChI=1S/C13H14BrNO3/c1-7-4-10(14)6-11(5-7)15-12(16)8(2)9(3)13(17)18/h4-6H,1-3H3,(H,15,16)(H,17,18)/b9-8+. The quantitative estimate of drug-likeness (QED) is 0.843. The fourth-order valence-electron chi connectivity index (χ4n) is 1.36. The molecule has 0 fully saturated rings. The van der Waals surface area contributed by atoms with Crippen LogP contribution in [0.4, 0.5) is 5.69 Å². The maximum absolute atomic E-state index is 11.8. The van der Waals surface area contributed by atoms with Crippen LogP contribution in [0.3, 0.4) is 0 Å². The predicted molar refractivity (Wildman–Crippen MR) is 73.5 cm³/mol. The van der Waals surface area contributed by atoms with Gasteiger partial charge in [-0.25, -0.2) is 4.79 Å². The summed E-state index contributed by atoms with van der Waals surface area (Å²) in [5.41, 5.74) is 1.86. The third-order valence-electron chi connectivity index (χ3n) is 2.52. The number of benzene rings is 1. The predicted octanol–water partition coefficient (Wildman–Crippen LogP) is 3.12. The van der Waals surface area contributed by atoms with Crippen LogP contribution < -0.4 is 5.32 Å². The van der Waals surface area contributed by atoms with Crippen molar-refractivity contribution >= 4 is 33.5 Å². The number of carboxylic acids is 1. The molecule has 0 aliphatic carbocycles. The summed E-state index contributed by atoms with van der Waals surface area (Å²) >= 11 is 3.33. The number of anilines is 1. The molecule has 18 heavy (non-hydrogen) atoms. The second kappa shape index (κ2) is 5.82. The number of hydrogen-bond acceptors (Lipinski definition) is 2. The van der Waals surface area contributed by atoms with Gasteiger partial charge in [-0.05, 0) is 44.5 Å². The Hall–Kier alpha value is -1.62. The van der Waals surface area contributed by atoms with Crippen molar-refractivity contribution in [3.05, 3.63) is 39.4 Å². The lowest BCUT2D eigenvalue weighted by Crippen LogP contribution is -2.16. The fourth-order valence-corrected chi connectivity index (χ4v) is 1.97. The second-order valence-electron chi connectivity index (χ2n) is 4.03. The first-order valence-corrected chi connectivity index (χ1v) is 6.10. The summed E-state index contributed by atoms with van der Waals surface area (Å²) in [5.74, 6) is -1.50. The molecule has 1 amide bonds. The van der Waals surface area contributed by atoms with Crippen molar-refractivity contribution in [2.75, 3.05) is 5.32 Å². The fraction of sp³-hybridized carbons (Fsp3) is 0.231. The molecule has 0 saturated heterocycles. The highest BCUT2D eigenvalue weighted by Crippen LogP contribution is 2.19. The topological polar surface area (TPSA) is 66.4 Å². The normalized spacial score (nSPS) is 11.8. The summed E-state index contributed by atoms with van der Waals surface area (Å²) in [6, 6.07) is 5.49. The molecule has 0 bridgehead atoms. The van der Waals surface area contributed by atoms with Crippen molar-refractivity contribution in [1.29, 1.82) is 0 Å². The Morgan fingerprint density at radius 1 is 1.17 bits per heavy atom. The van der Waals surface area contributed by atoms with Gasteiger partial charge in [-0.15, -0.1) is 0 Å². The van der Waals surface area contributed by atoms with Gasteiger partial charge in [0.15, 0.2) is 0 Å². The second-order valence-corrected chi connectivity index (χ2v) is 4.94. The Morgan fingerprint density at radius 2 is 1.78 bits per heavy atom. The smallest absolute Gasteiger partial charge is 0.331 e. The molecule has 0 aromatic heterocycles. The minimum Gasteiger partial charge on any atom is -0.478 e. The number of amides is 1. The molecule has 0 heterocycles. The number of aryl methyl sites for hydroxylation is 1. The Morgan fingerprint density at radius 3 is 2.28 bits per heavy atom. The number of carboxylic acid groups (broad SMARTS) is 1. The maximum atomic E-state index is 11.8. The van der Waals surface area contributed by atoms with E-state index in [0.717, 1.165) is 10.0 Å². The maximum Gasteiger partial charge on any atom is 0.331 e. The molecule has 0 aliphatic heterocycles. The average Bonchev–Trinajstić information content (AvgIpc) is 2.25. The molecule has 0 unspecified atom stereocenters. The molecule has 5 heteroatoms. The molecular weight excluding hydrogens is 298 g/mol. The number of rotatable bonds is 3. The Kier molecular flexibility index (Phi) is 4.67. The Bertz CT molecular complexity index is 515. The van der Waals surface area contributed by atoms with Crippen LogP contribution in [-0.4, -0.2) is 17.0 Å². The van der Waals surface area contributed by atoms with Gasteiger partial charge in [-0.1, -0.05) is 15.9 Å². The molecular formula is C13H14BrNO3. The summed E-state index contributed by atoms with van der Waals surface area (Å²) in [6.45, 7) is 4.80. The highest BCUT2D eigenvalue weighted by Gasteiger charge is 2.12. The van der Waals surface area contributed by atoms with Crippen LogP contribution in [0.15, 0.2) is 33.8 Å². The van der Waals surface area contributed by atoms with Gasteiger partial charge in [-0.3, -0.25) is 4.79 Å². The zero-order valence-corrected chi connectivity index (χ0v) is 12.0. The van der Waals surface area contributed by atoms with Crippen molar-refractivity contribution in [2.24, 2.45) is 0 Å². The molecule has 0 radical (unpaired) electrons. The monoisotopic (exact) mass is 311 g/mol. The van der Waals surface area contributed by atoms with E-state index in [4.69, 9.17) is 5.11 Å². The lowest BCUT2D eigenvalue weighted by atomic mass is 10.1. The summed E-state index contributed by atoms with van der Waals surface area (Å²) in [6.07, 6.45) is 0. The number of carbonyl (C=O) groups is 2. The average molecular weight is 312 g/mol. The third-order valence-corrected chi connectivity index (χ3v) is 2.98. The van der Waals surface area contributed by atoms with Crippen molar-refractivity contribution < 1.29 is 14.7 Å². The minimum absolute atomic E-state index is 0.0409. The van der Waals surface area contributed by atoms with Crippen LogP contribution >= 0.6 is 15.9 Å². The van der Waals surface area contributed by atoms with Crippen LogP contribution in [0.5, 0.6) is 0 Å². The van der Waals surface area contributed by atoms with Crippen molar-refractivity contribution in [3.8, 4) is 0 Å². The first-order chi connectivity index (χ1) is 8.31. The SMILES string of the molecule is C/C(C(=O)O)=C(/C)C(=O)Nc1cc(C)cc(Br)c1. The van der Waals surface area contributed by atoms with Crippen LogP contribution in [0.2, 0.25) is 0 Å². The van der Waals surface area contributed by atoms with E-state index in [0.29, 0.717) is 5.69 Å². The molecule has 4 nitrogen and oxygen atoms in total. The number of nitrogens with one attached hydrogen (secondary N) is 1. The summed E-state index contributed by atoms with van der Waals surface area (Å²) in [7, 11) is 0. The molecule has 1 aromatic carbocycles. The van der Waals surface area contributed by atoms with Gasteiger partial charge < -0.3 is 10.4 Å². The molecule has 2 N–H and O–H groups in total. The molecule has 0 spiro atoms. The van der Waals surface area contributed by atoms with Gasteiger partial charge in [0.2, 0.25) is 0 Å². The lowest BCUT2D eigenvalue weighted by Gasteiger charge is -2.08. The number of hydrogen-bond donors (Lipinski definition) is 2. The molecule has 0 atom stereocenters. The van der Waals surface area contributed by atoms with Gasteiger partial charge in [0, 0.05) is 21.3 Å². The molecule has 0 saturated carbocycles. The minimum atomic E-state index is -1.09. The van der Waals surface area contributed by atoms with Crippen LogP contribution in [0.1, 0.15) is 19.4 Å². The number of aliphatic carboxylic acids is 1. The number of carbonyl (C=O) groups excluding carboxylic acids is 1. The van der Waals surface area contributed by atoms with Crippen LogP contribution in [0.25, 0.3) is 0 Å². The first kappa shape index (κ1) is 14.4. The third kappa shape index (κ3) is 3.70. The zero-order chi connectivity index (χ0) is 13.9. The highest BCUT2D eigenvalue weighted by molar-refractivity contribution is 9.10. The molecule has 0 aliphatic rings. The van der Waals surface area contributed by atoms with E-state index in [-0.39, 0.29) is 11.1 Å². The van der Waals surface area contributed by atoms with Gasteiger partial charge >= 0.3 is 5.97 Å². The number of halogens is 1. The van der Waals surface area contributed by atoms with E-state index in [9.17, 15) is 9.59 Å². The first-order valence-electron chi connectivity index (χ1n) is 5.30. The van der Waals surface area contributed by atoms with E-state index < -0.39 is 11.9 Å². The van der Waals surface area contributed by atoms with E-state index in [1.807, 2.05) is 19.1 Å². The van der Waals surface area contributed by atoms with E-state index in [1.54, 1.807) is 6.07 Å². The summed E-state index contributed by atoms with van der Waals surface area (Å²) in [4.78, 5) is 22.6.